The Balaban J connectivity index is 2.38. The molecule has 0 amide bonds. The molecule has 0 saturated heterocycles. The molecular weight excluding hydrogens is 846 g/mol. The highest BCUT2D eigenvalue weighted by Crippen LogP contribution is 2.43. The number of nitrogens with zero attached hydrogens (tertiary/aromatic N) is 1. The Bertz CT molecular complexity index is 1270. The van der Waals surface area contributed by atoms with Gasteiger partial charge in [0.25, 0.3) is 0 Å². The monoisotopic (exact) mass is 945 g/mol. The number of phosphoric ester groups is 1. The van der Waals surface area contributed by atoms with Crippen molar-refractivity contribution in [2.24, 2.45) is 11.8 Å². The van der Waals surface area contributed by atoms with Crippen molar-refractivity contribution < 1.29 is 57.4 Å². The molecule has 7 atom stereocenters. The van der Waals surface area contributed by atoms with Gasteiger partial charge in [-0.3, -0.25) is 18.6 Å². The molecule has 1 aliphatic carbocycles. The molecule has 1 unspecified atom stereocenters. The number of likely N-dealkylation sites (N-methyl/N-ethyl adjacent to an activating group) is 1. The van der Waals surface area contributed by atoms with E-state index >= 15 is 0 Å². The number of aliphatic hydroxyl groups is 3. The SMILES string of the molecule is CCCCCCCCCCCCCCCCCCCCCCCC(=O)O[C@H](COC(=O)CCC/C=C/C[C@@H]1[C@@H](/C=C/[C@@H](O)CCCCC)[C@H](O)C[C@@H]1O)COP(=O)(O)OCC[N+](C)(C)C. The first-order valence-corrected chi connectivity index (χ1v) is 27.8. The summed E-state index contributed by atoms with van der Waals surface area (Å²) in [5.41, 5.74) is 0. The Kier molecular flexibility index (Phi) is 37.1. The lowest BCUT2D eigenvalue weighted by Gasteiger charge is -2.24. The van der Waals surface area contributed by atoms with Crippen molar-refractivity contribution in [1.29, 1.82) is 0 Å². The van der Waals surface area contributed by atoms with Gasteiger partial charge >= 0.3 is 19.8 Å². The third-order valence-electron chi connectivity index (χ3n) is 12.6. The zero-order valence-electron chi connectivity index (χ0n) is 42.1. The van der Waals surface area contributed by atoms with E-state index in [4.69, 9.17) is 18.5 Å². The number of allylic oxidation sites excluding steroid dienone is 2. The molecule has 1 rings (SSSR count). The number of aliphatic hydroxyl groups excluding tert-OH is 3. The lowest BCUT2D eigenvalue weighted by atomic mass is 9.89. The first-order chi connectivity index (χ1) is 31.2. The lowest BCUT2D eigenvalue weighted by Crippen LogP contribution is -2.37. The van der Waals surface area contributed by atoms with Crippen molar-refractivity contribution in [3.8, 4) is 0 Å². The van der Waals surface area contributed by atoms with E-state index < -0.39 is 50.8 Å². The summed E-state index contributed by atoms with van der Waals surface area (Å²) < 4.78 is 34.4. The number of carbonyl (C=O) groups excluding carboxylic acids is 2. The summed E-state index contributed by atoms with van der Waals surface area (Å²) in [7, 11) is 1.35. The Hall–Kier alpha value is -1.63. The molecular formula is C52H99NO11P+. The Labute approximate surface area is 396 Å². The number of ether oxygens (including phenoxy) is 2. The number of quaternary nitrogens is 1. The fourth-order valence-electron chi connectivity index (χ4n) is 8.36. The maximum absolute atomic E-state index is 12.8. The Morgan fingerprint density at radius 1 is 0.662 bits per heavy atom. The number of rotatable bonds is 44. The van der Waals surface area contributed by atoms with Gasteiger partial charge in [0.1, 0.15) is 19.8 Å². The summed E-state index contributed by atoms with van der Waals surface area (Å²) in [5, 5.41) is 31.4. The Morgan fingerprint density at radius 3 is 1.71 bits per heavy atom. The standard InChI is InChI=1S/C52H98NO11P/c1-6-8-10-11-12-13-14-15-16-17-18-19-20-21-22-23-24-25-26-27-33-37-52(58)64-46(44-63-65(59,60)62-41-40-53(3,4)5)43-61-51(57)36-32-29-28-31-35-47-48(50(56)42-49(47)55)39-38-45(54)34-30-9-7-2/h28,31,38-39,45-50,54-56H,6-27,29-30,32-37,40-44H2,1-5H3/p+1/b31-28+,39-38+/t45-,46+,47+,48+,49-,50+/m0/s1. The van der Waals surface area contributed by atoms with Gasteiger partial charge in [-0.15, -0.1) is 0 Å². The number of carbonyl (C=O) groups is 2. The molecule has 1 saturated carbocycles. The predicted octanol–water partition coefficient (Wildman–Crippen LogP) is 11.9. The molecule has 0 aromatic heterocycles. The summed E-state index contributed by atoms with van der Waals surface area (Å²) in [4.78, 5) is 35.7. The molecule has 0 heterocycles. The zero-order valence-corrected chi connectivity index (χ0v) is 43.0. The number of hydrogen-bond acceptors (Lipinski definition) is 10. The average Bonchev–Trinajstić information content (AvgIpc) is 3.52. The average molecular weight is 945 g/mol. The molecule has 0 bridgehead atoms. The maximum Gasteiger partial charge on any atom is 0.472 e. The highest BCUT2D eigenvalue weighted by molar-refractivity contribution is 7.47. The molecule has 65 heavy (non-hydrogen) atoms. The van der Waals surface area contributed by atoms with Crippen molar-refractivity contribution in [2.45, 2.75) is 237 Å². The van der Waals surface area contributed by atoms with Crippen LogP contribution in [0.2, 0.25) is 0 Å². The van der Waals surface area contributed by atoms with Crippen LogP contribution in [-0.2, 0) is 32.7 Å². The normalized spacial score (nSPS) is 19.8. The maximum atomic E-state index is 12.8. The second kappa shape index (κ2) is 39.2. The van der Waals surface area contributed by atoms with E-state index in [1.807, 2.05) is 39.4 Å². The van der Waals surface area contributed by atoms with Gasteiger partial charge in [-0.2, -0.15) is 0 Å². The summed E-state index contributed by atoms with van der Waals surface area (Å²) >= 11 is 0. The van der Waals surface area contributed by atoms with Gasteiger partial charge < -0.3 is 34.2 Å². The molecule has 0 spiro atoms. The number of unbranched alkanes of at least 4 members (excludes halogenated alkanes) is 23. The number of esters is 2. The van der Waals surface area contributed by atoms with Crippen molar-refractivity contribution in [2.75, 3.05) is 47.5 Å². The van der Waals surface area contributed by atoms with E-state index in [0.29, 0.717) is 49.6 Å². The molecule has 1 aliphatic rings. The van der Waals surface area contributed by atoms with Crippen LogP contribution in [0, 0.1) is 11.8 Å². The Morgan fingerprint density at radius 2 is 1.17 bits per heavy atom. The minimum absolute atomic E-state index is 0.00517. The molecule has 12 nitrogen and oxygen atoms in total. The van der Waals surface area contributed by atoms with Gasteiger partial charge in [-0.05, 0) is 38.0 Å². The van der Waals surface area contributed by atoms with Crippen molar-refractivity contribution in [3.05, 3.63) is 24.3 Å². The van der Waals surface area contributed by atoms with Crippen LogP contribution in [0.25, 0.3) is 0 Å². The summed E-state index contributed by atoms with van der Waals surface area (Å²) in [6, 6.07) is 0. The molecule has 0 aromatic rings. The van der Waals surface area contributed by atoms with Crippen LogP contribution in [-0.4, -0.2) is 109 Å². The lowest BCUT2D eigenvalue weighted by molar-refractivity contribution is -0.870. The van der Waals surface area contributed by atoms with Gasteiger partial charge in [0, 0.05) is 25.2 Å². The van der Waals surface area contributed by atoms with Crippen LogP contribution in [0.4, 0.5) is 0 Å². The first-order valence-electron chi connectivity index (χ1n) is 26.3. The fourth-order valence-corrected chi connectivity index (χ4v) is 9.10. The van der Waals surface area contributed by atoms with Crippen LogP contribution < -0.4 is 0 Å². The second-order valence-corrected chi connectivity index (χ2v) is 21.3. The fraction of sp³-hybridized carbons (Fsp3) is 0.885. The highest BCUT2D eigenvalue weighted by atomic mass is 31.2. The van der Waals surface area contributed by atoms with Crippen LogP contribution >= 0.6 is 7.82 Å². The summed E-state index contributed by atoms with van der Waals surface area (Å²) in [6.45, 7) is 4.08. The quantitative estimate of drug-likeness (QED) is 0.0151. The zero-order chi connectivity index (χ0) is 48.0. The van der Waals surface area contributed by atoms with Crippen molar-refractivity contribution in [1.82, 2.24) is 0 Å². The van der Waals surface area contributed by atoms with Crippen LogP contribution in [0.15, 0.2) is 24.3 Å². The number of hydrogen-bond donors (Lipinski definition) is 4. The van der Waals surface area contributed by atoms with E-state index in [-0.39, 0.29) is 37.9 Å². The predicted molar refractivity (Wildman–Crippen MR) is 263 cm³/mol. The van der Waals surface area contributed by atoms with E-state index in [0.717, 1.165) is 38.5 Å². The number of phosphoric acid groups is 1. The summed E-state index contributed by atoms with van der Waals surface area (Å²) in [6.07, 6.45) is 37.5. The molecule has 1 fully saturated rings. The van der Waals surface area contributed by atoms with Crippen LogP contribution in [0.5, 0.6) is 0 Å². The third kappa shape index (κ3) is 36.1. The van der Waals surface area contributed by atoms with Crippen LogP contribution in [0.1, 0.15) is 213 Å². The topological polar surface area (TPSA) is 169 Å². The molecule has 0 aromatic carbocycles. The largest absolute Gasteiger partial charge is 0.472 e. The molecule has 0 aliphatic heterocycles. The highest BCUT2D eigenvalue weighted by Gasteiger charge is 2.39. The second-order valence-electron chi connectivity index (χ2n) is 19.9. The minimum atomic E-state index is -4.44. The van der Waals surface area contributed by atoms with Gasteiger partial charge in [-0.25, -0.2) is 4.57 Å². The van der Waals surface area contributed by atoms with E-state index in [9.17, 15) is 34.4 Å². The molecule has 382 valence electrons. The van der Waals surface area contributed by atoms with E-state index in [2.05, 4.69) is 13.8 Å². The van der Waals surface area contributed by atoms with Gasteiger partial charge in [-0.1, -0.05) is 186 Å². The van der Waals surface area contributed by atoms with E-state index in [1.165, 1.54) is 109 Å². The van der Waals surface area contributed by atoms with Crippen molar-refractivity contribution >= 4 is 19.8 Å². The third-order valence-corrected chi connectivity index (χ3v) is 13.5. The molecule has 0 radical (unpaired) electrons. The van der Waals surface area contributed by atoms with Crippen molar-refractivity contribution in [3.63, 3.8) is 0 Å². The molecule has 4 N–H and O–H groups in total. The van der Waals surface area contributed by atoms with E-state index in [1.54, 1.807) is 6.08 Å². The first kappa shape index (κ1) is 61.4. The van der Waals surface area contributed by atoms with Gasteiger partial charge in [0.2, 0.25) is 0 Å². The van der Waals surface area contributed by atoms with Gasteiger partial charge in [0.15, 0.2) is 6.10 Å². The minimum Gasteiger partial charge on any atom is -0.462 e. The summed E-state index contributed by atoms with van der Waals surface area (Å²) in [5.74, 6) is -1.37. The van der Waals surface area contributed by atoms with Crippen LogP contribution in [0.3, 0.4) is 0 Å². The van der Waals surface area contributed by atoms with Gasteiger partial charge in [0.05, 0.1) is 46.1 Å². The molecule has 13 heteroatoms. The smallest absolute Gasteiger partial charge is 0.462 e.